The first-order valence-corrected chi connectivity index (χ1v) is 12.8. The number of para-hydroxylation sites is 1. The van der Waals surface area contributed by atoms with Gasteiger partial charge in [-0.2, -0.15) is 0 Å². The van der Waals surface area contributed by atoms with Crippen LogP contribution in [0.5, 0.6) is 0 Å². The minimum Gasteiger partial charge on any atom is -0.456 e. The molecule has 1 aromatic heterocycles. The summed E-state index contributed by atoms with van der Waals surface area (Å²) in [6.45, 7) is 0. The molecule has 8 rings (SSSR count). The fraction of sp³-hybridized carbons (Fsp3) is 0.0256. The topological polar surface area (TPSA) is 13.1 Å². The van der Waals surface area contributed by atoms with Gasteiger partial charge in [0.25, 0.3) is 0 Å². The highest BCUT2D eigenvalue weighted by Crippen LogP contribution is 2.41. The highest BCUT2D eigenvalue weighted by atomic mass is 16.3. The Balaban J connectivity index is 1.51. The molecule has 0 aliphatic carbocycles. The van der Waals surface area contributed by atoms with E-state index in [1.54, 1.807) is 18.2 Å². The maximum Gasteiger partial charge on any atom is 0.135 e. The summed E-state index contributed by atoms with van der Waals surface area (Å²) in [6.07, 6.45) is -0.480. The van der Waals surface area contributed by atoms with E-state index < -0.39 is 85.0 Å². The summed E-state index contributed by atoms with van der Waals surface area (Å²) in [4.78, 5) is 0. The van der Waals surface area contributed by atoms with Gasteiger partial charge in [0, 0.05) is 10.8 Å². The molecule has 0 amide bonds. The summed E-state index contributed by atoms with van der Waals surface area (Å²) < 4.78 is 119. The van der Waals surface area contributed by atoms with E-state index in [0.717, 1.165) is 27.5 Å². The molecule has 7 aromatic carbocycles. The zero-order valence-electron chi connectivity index (χ0n) is 34.0. The normalized spacial score (nSPS) is 16.1. The van der Waals surface area contributed by atoms with Crippen molar-refractivity contribution in [2.75, 3.05) is 0 Å². The molecule has 0 N–H and O–H groups in total. The molecule has 0 aliphatic heterocycles. The summed E-state index contributed by atoms with van der Waals surface area (Å²) >= 11 is 0. The van der Waals surface area contributed by atoms with Crippen LogP contribution in [-0.2, 0) is 6.42 Å². The molecule has 1 nitrogen and oxygen atoms in total. The predicted octanol–water partition coefficient (Wildman–Crippen LogP) is 10.8. The Morgan fingerprint density at radius 3 is 1.88 bits per heavy atom. The van der Waals surface area contributed by atoms with E-state index in [0.29, 0.717) is 11.1 Å². The van der Waals surface area contributed by atoms with Crippen LogP contribution in [0.15, 0.2) is 150 Å². The molecule has 0 radical (unpaired) electrons. The van der Waals surface area contributed by atoms with Crippen LogP contribution >= 0.6 is 0 Å². The zero-order valence-corrected chi connectivity index (χ0v) is 21.0. The second kappa shape index (κ2) is 9.25. The maximum absolute atomic E-state index is 9.18. The van der Waals surface area contributed by atoms with Crippen molar-refractivity contribution in [2.45, 2.75) is 6.42 Å². The highest BCUT2D eigenvalue weighted by molar-refractivity contribution is 6.15. The Kier molecular flexibility index (Phi) is 3.07. The highest BCUT2D eigenvalue weighted by Gasteiger charge is 2.16. The number of fused-ring (bicyclic) bond motifs is 5. The van der Waals surface area contributed by atoms with E-state index in [1.807, 2.05) is 48.5 Å². The second-order valence-electron chi connectivity index (χ2n) is 9.52. The number of hydrogen-bond acceptors (Lipinski definition) is 1. The largest absolute Gasteiger partial charge is 0.456 e. The van der Waals surface area contributed by atoms with Crippen molar-refractivity contribution in [1.29, 1.82) is 0 Å². The van der Waals surface area contributed by atoms with Crippen molar-refractivity contribution in [3.05, 3.63) is 156 Å². The van der Waals surface area contributed by atoms with Gasteiger partial charge >= 0.3 is 0 Å². The molecule has 0 spiro atoms. The average Bonchev–Trinajstić information content (AvgIpc) is 3.55. The first-order valence-electron chi connectivity index (χ1n) is 19.3. The summed E-state index contributed by atoms with van der Waals surface area (Å²) in [5.74, 6) is 0. The number of rotatable bonds is 4. The van der Waals surface area contributed by atoms with Gasteiger partial charge < -0.3 is 4.42 Å². The standard InChI is InChI=1S/C39H26O/c1-2-11-26(12-3-1)23-35-30-15-4-6-18-33(30)39(34-19-7-5-16-31(34)35)29-14-10-13-27(24-29)28-21-22-38-36(25-28)32-17-8-9-20-37(32)40-38/h1-22,24-25H,23H2/i1D,2D,3D,4D,5D,6D,7D,11D,12D,15D,16D,18D,19D. The van der Waals surface area contributed by atoms with Crippen LogP contribution in [0, 0.1) is 0 Å². The van der Waals surface area contributed by atoms with Crippen molar-refractivity contribution in [3.8, 4) is 22.3 Å². The van der Waals surface area contributed by atoms with Crippen molar-refractivity contribution >= 4 is 43.5 Å². The van der Waals surface area contributed by atoms with E-state index in [1.165, 1.54) is 0 Å². The molecule has 0 fully saturated rings. The number of furan rings is 1. The Hall–Kier alpha value is -5.14. The lowest BCUT2D eigenvalue weighted by atomic mass is 9.86. The third-order valence-corrected chi connectivity index (χ3v) is 7.25. The smallest absolute Gasteiger partial charge is 0.135 e. The second-order valence-corrected chi connectivity index (χ2v) is 9.52. The first kappa shape index (κ1) is 13.3. The summed E-state index contributed by atoms with van der Waals surface area (Å²) in [7, 11) is 0. The van der Waals surface area contributed by atoms with Crippen LogP contribution < -0.4 is 0 Å². The van der Waals surface area contributed by atoms with Gasteiger partial charge in [-0.25, -0.2) is 0 Å². The first-order chi connectivity index (χ1) is 25.2. The molecule has 8 aromatic rings. The lowest BCUT2D eigenvalue weighted by Gasteiger charge is -2.18. The van der Waals surface area contributed by atoms with Gasteiger partial charge in [-0.1, -0.05) is 121 Å². The van der Waals surface area contributed by atoms with Crippen molar-refractivity contribution < 1.29 is 22.2 Å². The molecular formula is C39H26O. The molecule has 188 valence electrons. The third kappa shape index (κ3) is 3.71. The Labute approximate surface area is 251 Å². The van der Waals surface area contributed by atoms with Crippen LogP contribution in [0.4, 0.5) is 0 Å². The van der Waals surface area contributed by atoms with Crippen molar-refractivity contribution in [2.24, 2.45) is 0 Å². The van der Waals surface area contributed by atoms with Gasteiger partial charge in [-0.15, -0.1) is 0 Å². The van der Waals surface area contributed by atoms with E-state index >= 15 is 0 Å². The SMILES string of the molecule is [2H]c1c([2H])c([2H])c(Cc2c3c([2H])c([2H])c([2H])c([2H])c3c(-c3cccc(-c4ccc5oc6ccccc6c5c4)c3)c3c([2H])c([2H])c([2H])c([2H])c23)c([2H])c1[2H]. The lowest BCUT2D eigenvalue weighted by Crippen LogP contribution is -1.95. The summed E-state index contributed by atoms with van der Waals surface area (Å²) in [5.41, 5.74) is 3.33. The molecule has 0 saturated heterocycles. The van der Waals surface area contributed by atoms with Crippen LogP contribution in [0.2, 0.25) is 0 Å². The quantitative estimate of drug-likeness (QED) is 0.209. The molecule has 0 saturated carbocycles. The Bertz CT molecular complexity index is 2800. The van der Waals surface area contributed by atoms with Gasteiger partial charge in [0.2, 0.25) is 0 Å². The van der Waals surface area contributed by atoms with Crippen LogP contribution in [0.1, 0.15) is 28.9 Å². The van der Waals surface area contributed by atoms with Crippen LogP contribution in [0.3, 0.4) is 0 Å². The van der Waals surface area contributed by atoms with E-state index in [2.05, 4.69) is 0 Å². The molecule has 0 atom stereocenters. The predicted molar refractivity (Wildman–Crippen MR) is 169 cm³/mol. The zero-order chi connectivity index (χ0) is 37.8. The fourth-order valence-electron chi connectivity index (χ4n) is 5.47. The average molecular weight is 524 g/mol. The maximum atomic E-state index is 9.18. The minimum absolute atomic E-state index is 0.00952. The van der Waals surface area contributed by atoms with E-state index in [4.69, 9.17) is 19.5 Å². The van der Waals surface area contributed by atoms with Gasteiger partial charge in [0.05, 0.1) is 17.8 Å². The monoisotopic (exact) mass is 523 g/mol. The molecule has 0 aliphatic rings. The van der Waals surface area contributed by atoms with Gasteiger partial charge in [-0.05, 0) is 85.6 Å². The van der Waals surface area contributed by atoms with E-state index in [9.17, 15) is 2.74 Å². The molecule has 1 heterocycles. The van der Waals surface area contributed by atoms with Crippen molar-refractivity contribution in [1.82, 2.24) is 0 Å². The van der Waals surface area contributed by atoms with Crippen molar-refractivity contribution in [3.63, 3.8) is 0 Å². The van der Waals surface area contributed by atoms with E-state index in [-0.39, 0.29) is 38.2 Å². The fourth-order valence-corrected chi connectivity index (χ4v) is 5.47. The summed E-state index contributed by atoms with van der Waals surface area (Å²) in [6, 6.07) is 13.5. The van der Waals surface area contributed by atoms with Gasteiger partial charge in [0.15, 0.2) is 0 Å². The van der Waals surface area contributed by atoms with Gasteiger partial charge in [-0.3, -0.25) is 0 Å². The molecule has 0 unspecified atom stereocenters. The molecule has 40 heavy (non-hydrogen) atoms. The Morgan fingerprint density at radius 2 is 1.10 bits per heavy atom. The number of benzene rings is 7. The molecule has 0 bridgehead atoms. The van der Waals surface area contributed by atoms with Crippen LogP contribution in [0.25, 0.3) is 65.7 Å². The van der Waals surface area contributed by atoms with Crippen LogP contribution in [-0.4, -0.2) is 0 Å². The number of hydrogen-bond donors (Lipinski definition) is 0. The molecular weight excluding hydrogens is 484 g/mol. The third-order valence-electron chi connectivity index (χ3n) is 7.25. The minimum atomic E-state index is -0.613. The van der Waals surface area contributed by atoms with Gasteiger partial charge in [0.1, 0.15) is 11.2 Å². The summed E-state index contributed by atoms with van der Waals surface area (Å²) in [5, 5.41) is 1.62. The lowest BCUT2D eigenvalue weighted by molar-refractivity contribution is 0.669. The molecule has 1 heteroatoms. The Morgan fingerprint density at radius 1 is 0.475 bits per heavy atom.